The lowest BCUT2D eigenvalue weighted by atomic mass is 10.1. The van der Waals surface area contributed by atoms with E-state index < -0.39 is 0 Å². The maximum absolute atomic E-state index is 11.1. The largest absolute Gasteiger partial charge is 0.300 e. The van der Waals surface area contributed by atoms with E-state index in [2.05, 4.69) is 42.5 Å². The van der Waals surface area contributed by atoms with Gasteiger partial charge in [0.15, 0.2) is 0 Å². The fraction of sp³-hybridized carbons (Fsp3) is 0.471. The van der Waals surface area contributed by atoms with E-state index in [1.165, 1.54) is 24.8 Å². The zero-order valence-corrected chi connectivity index (χ0v) is 10.7. The molecule has 1 aromatic carbocycles. The average molecular weight is 240 g/mol. The highest BCUT2D eigenvalue weighted by Crippen LogP contribution is 2.56. The van der Waals surface area contributed by atoms with E-state index in [0.29, 0.717) is 17.6 Å². The molecule has 18 heavy (non-hydrogen) atoms. The van der Waals surface area contributed by atoms with E-state index in [-0.39, 0.29) is 0 Å². The topological polar surface area (TPSA) is 17.1 Å². The molecule has 2 saturated carbocycles. The molecular formula is C17H20O. The van der Waals surface area contributed by atoms with Gasteiger partial charge in [0, 0.05) is 12.8 Å². The minimum Gasteiger partial charge on any atom is -0.300 e. The molecule has 94 valence electrons. The maximum Gasteiger partial charge on any atom is 0.133 e. The number of hydrogen-bond acceptors (Lipinski definition) is 1. The highest BCUT2D eigenvalue weighted by Gasteiger charge is 2.54. The average Bonchev–Trinajstić information content (AvgIpc) is 2.85. The van der Waals surface area contributed by atoms with Crippen molar-refractivity contribution in [3.63, 3.8) is 0 Å². The van der Waals surface area contributed by atoms with Gasteiger partial charge in [0.05, 0.1) is 0 Å². The summed E-state index contributed by atoms with van der Waals surface area (Å²) in [6.45, 7) is 0. The molecular weight excluding hydrogens is 220 g/mol. The van der Waals surface area contributed by atoms with Gasteiger partial charge in [-0.1, -0.05) is 42.5 Å². The molecule has 1 aromatic rings. The van der Waals surface area contributed by atoms with E-state index in [4.69, 9.17) is 0 Å². The van der Waals surface area contributed by atoms with Crippen LogP contribution in [0.1, 0.15) is 31.2 Å². The van der Waals surface area contributed by atoms with Gasteiger partial charge in [-0.3, -0.25) is 4.79 Å². The Morgan fingerprint density at radius 2 is 1.83 bits per heavy atom. The van der Waals surface area contributed by atoms with Crippen LogP contribution in [0.15, 0.2) is 42.5 Å². The van der Waals surface area contributed by atoms with Crippen molar-refractivity contribution in [1.29, 1.82) is 0 Å². The number of benzene rings is 1. The van der Waals surface area contributed by atoms with Crippen LogP contribution in [0.25, 0.3) is 0 Å². The van der Waals surface area contributed by atoms with Crippen LogP contribution in [0.3, 0.4) is 0 Å². The summed E-state index contributed by atoms with van der Waals surface area (Å²) >= 11 is 0. The number of unbranched alkanes of at least 4 members (excludes halogenated alkanes) is 1. The molecule has 2 fully saturated rings. The molecule has 1 unspecified atom stereocenters. The van der Waals surface area contributed by atoms with Crippen LogP contribution in [-0.2, 0) is 11.2 Å². The van der Waals surface area contributed by atoms with Crippen LogP contribution >= 0.6 is 0 Å². The Kier molecular flexibility index (Phi) is 3.31. The number of carbonyl (C=O) groups is 1. The number of carbonyl (C=O) groups excluding carboxylic acids is 1. The van der Waals surface area contributed by atoms with Gasteiger partial charge >= 0.3 is 0 Å². The van der Waals surface area contributed by atoms with Crippen LogP contribution in [0, 0.1) is 17.8 Å². The molecule has 0 saturated heterocycles. The standard InChI is InChI=1S/C17H20O/c18-14-11-16-15(17(16)12-14)10-6-2-5-9-13-7-3-1-4-8-13/h1,3-4,6-8,10,15-17H,2,5,9,11-12H2/t15?,16-,17+. The minimum absolute atomic E-state index is 0.485. The van der Waals surface area contributed by atoms with Gasteiger partial charge < -0.3 is 0 Å². The highest BCUT2D eigenvalue weighted by atomic mass is 16.1. The van der Waals surface area contributed by atoms with Crippen LogP contribution in [0.4, 0.5) is 0 Å². The normalized spacial score (nSPS) is 29.8. The fourth-order valence-corrected chi connectivity index (χ4v) is 3.27. The molecule has 0 aromatic heterocycles. The monoisotopic (exact) mass is 240 g/mol. The van der Waals surface area contributed by atoms with Gasteiger partial charge in [0.1, 0.15) is 5.78 Å². The summed E-state index contributed by atoms with van der Waals surface area (Å²) in [5.41, 5.74) is 1.43. The number of rotatable bonds is 5. The van der Waals surface area contributed by atoms with Crippen molar-refractivity contribution in [2.75, 3.05) is 0 Å². The molecule has 0 N–H and O–H groups in total. The number of aryl methyl sites for hydroxylation is 1. The van der Waals surface area contributed by atoms with Crippen molar-refractivity contribution in [1.82, 2.24) is 0 Å². The lowest BCUT2D eigenvalue weighted by Gasteiger charge is -1.98. The SMILES string of the molecule is O=C1C[C@@H]2C(C=CCCCc3ccccc3)[C@@H]2C1. The zero-order valence-electron chi connectivity index (χ0n) is 10.7. The molecule has 3 rings (SSSR count). The molecule has 0 aliphatic heterocycles. The molecule has 0 amide bonds. The van der Waals surface area contributed by atoms with Crippen molar-refractivity contribution in [3.05, 3.63) is 48.0 Å². The molecule has 1 nitrogen and oxygen atoms in total. The Bertz CT molecular complexity index is 432. The van der Waals surface area contributed by atoms with Gasteiger partial charge in [-0.25, -0.2) is 0 Å². The van der Waals surface area contributed by atoms with Crippen LogP contribution in [0.5, 0.6) is 0 Å². The Labute approximate surface area is 109 Å². The predicted octanol–water partition coefficient (Wildman–Crippen LogP) is 3.79. The van der Waals surface area contributed by atoms with Crippen molar-refractivity contribution < 1.29 is 4.79 Å². The summed E-state index contributed by atoms with van der Waals surface area (Å²) in [6.07, 6.45) is 9.96. The zero-order chi connectivity index (χ0) is 12.4. The first-order valence-corrected chi connectivity index (χ1v) is 7.07. The van der Waals surface area contributed by atoms with E-state index in [1.807, 2.05) is 0 Å². The third kappa shape index (κ3) is 2.55. The molecule has 2 aliphatic rings. The fourth-order valence-electron chi connectivity index (χ4n) is 3.27. The van der Waals surface area contributed by atoms with Crippen molar-refractivity contribution in [3.8, 4) is 0 Å². The Morgan fingerprint density at radius 1 is 1.11 bits per heavy atom. The lowest BCUT2D eigenvalue weighted by Crippen LogP contribution is -1.95. The summed E-state index contributed by atoms with van der Waals surface area (Å²) in [6, 6.07) is 10.7. The summed E-state index contributed by atoms with van der Waals surface area (Å²) < 4.78 is 0. The molecule has 1 heteroatoms. The Morgan fingerprint density at radius 3 is 2.56 bits per heavy atom. The Hall–Kier alpha value is -1.37. The highest BCUT2D eigenvalue weighted by molar-refractivity contribution is 5.83. The molecule has 0 radical (unpaired) electrons. The molecule has 2 aliphatic carbocycles. The summed E-state index contributed by atoms with van der Waals surface area (Å²) in [5.74, 6) is 2.64. The number of Topliss-reactive ketones (excluding diaryl/α,β-unsaturated/α-hetero) is 1. The third-order valence-electron chi connectivity index (χ3n) is 4.36. The first-order chi connectivity index (χ1) is 8.84. The predicted molar refractivity (Wildman–Crippen MR) is 73.2 cm³/mol. The Balaban J connectivity index is 1.35. The number of fused-ring (bicyclic) bond motifs is 1. The van der Waals surface area contributed by atoms with Gasteiger partial charge in [-0.15, -0.1) is 0 Å². The van der Waals surface area contributed by atoms with Gasteiger partial charge in [-0.05, 0) is 42.6 Å². The van der Waals surface area contributed by atoms with Gasteiger partial charge in [-0.2, -0.15) is 0 Å². The quantitative estimate of drug-likeness (QED) is 0.565. The van der Waals surface area contributed by atoms with Crippen molar-refractivity contribution >= 4 is 5.78 Å². The number of ketones is 1. The maximum atomic E-state index is 11.1. The van der Waals surface area contributed by atoms with E-state index >= 15 is 0 Å². The summed E-state index contributed by atoms with van der Waals surface area (Å²) in [7, 11) is 0. The first-order valence-electron chi connectivity index (χ1n) is 7.07. The second-order valence-electron chi connectivity index (χ2n) is 5.66. The van der Waals surface area contributed by atoms with E-state index in [9.17, 15) is 4.79 Å². The summed E-state index contributed by atoms with van der Waals surface area (Å²) in [5, 5.41) is 0. The smallest absolute Gasteiger partial charge is 0.133 e. The van der Waals surface area contributed by atoms with Crippen molar-refractivity contribution in [2.45, 2.75) is 32.1 Å². The lowest BCUT2D eigenvalue weighted by molar-refractivity contribution is -0.118. The van der Waals surface area contributed by atoms with E-state index in [0.717, 1.165) is 18.8 Å². The van der Waals surface area contributed by atoms with Crippen LogP contribution in [0.2, 0.25) is 0 Å². The molecule has 0 heterocycles. The number of hydrogen-bond donors (Lipinski definition) is 0. The van der Waals surface area contributed by atoms with Crippen molar-refractivity contribution in [2.24, 2.45) is 17.8 Å². The second kappa shape index (κ2) is 5.09. The number of allylic oxidation sites excluding steroid dienone is 2. The first kappa shape index (κ1) is 11.7. The van der Waals surface area contributed by atoms with Crippen LogP contribution in [-0.4, -0.2) is 5.78 Å². The summed E-state index contributed by atoms with van der Waals surface area (Å²) in [4.78, 5) is 11.1. The molecule has 0 spiro atoms. The molecule has 0 bridgehead atoms. The second-order valence-corrected chi connectivity index (χ2v) is 5.66. The van der Waals surface area contributed by atoms with Gasteiger partial charge in [0.25, 0.3) is 0 Å². The van der Waals surface area contributed by atoms with E-state index in [1.54, 1.807) is 0 Å². The molecule has 3 atom stereocenters. The minimum atomic E-state index is 0.485. The van der Waals surface area contributed by atoms with Crippen LogP contribution < -0.4 is 0 Å². The van der Waals surface area contributed by atoms with Gasteiger partial charge in [0.2, 0.25) is 0 Å². The third-order valence-corrected chi connectivity index (χ3v) is 4.36.